The summed E-state index contributed by atoms with van der Waals surface area (Å²) in [5.41, 5.74) is 2.65. The predicted molar refractivity (Wildman–Crippen MR) is 78.1 cm³/mol. The Kier molecular flexibility index (Phi) is 4.97. The average Bonchev–Trinajstić information content (AvgIpc) is 2.46. The van der Waals surface area contributed by atoms with Crippen molar-refractivity contribution in [3.05, 3.63) is 35.4 Å². The summed E-state index contributed by atoms with van der Waals surface area (Å²) in [6, 6.07) is 8.40. The Morgan fingerprint density at radius 3 is 2.89 bits per heavy atom. The van der Waals surface area contributed by atoms with Crippen molar-refractivity contribution >= 4 is 5.91 Å². The van der Waals surface area contributed by atoms with Gasteiger partial charge in [-0.05, 0) is 43.9 Å². The molecule has 1 N–H and O–H groups in total. The smallest absolute Gasteiger partial charge is 0.226 e. The molecular weight excluding hydrogens is 236 g/mol. The van der Waals surface area contributed by atoms with Crippen molar-refractivity contribution in [3.63, 3.8) is 0 Å². The van der Waals surface area contributed by atoms with Gasteiger partial charge in [0, 0.05) is 20.1 Å². The molecule has 1 aromatic carbocycles. The lowest BCUT2D eigenvalue weighted by Crippen LogP contribution is -2.42. The van der Waals surface area contributed by atoms with Crippen LogP contribution in [0.3, 0.4) is 0 Å². The molecule has 0 saturated carbocycles. The van der Waals surface area contributed by atoms with E-state index >= 15 is 0 Å². The van der Waals surface area contributed by atoms with Crippen LogP contribution in [0, 0.1) is 12.8 Å². The normalized spacial score (nSPS) is 19.2. The van der Waals surface area contributed by atoms with Gasteiger partial charge in [0.1, 0.15) is 0 Å². The van der Waals surface area contributed by atoms with Crippen molar-refractivity contribution in [1.82, 2.24) is 10.2 Å². The second-order valence-electron chi connectivity index (χ2n) is 5.48. The number of likely N-dealkylation sites (N-methyl/N-ethyl adjacent to an activating group) is 1. The summed E-state index contributed by atoms with van der Waals surface area (Å²) in [5.74, 6) is 0.469. The number of rotatable bonds is 4. The number of piperidine rings is 1. The van der Waals surface area contributed by atoms with Crippen LogP contribution in [0.1, 0.15) is 24.0 Å². The lowest BCUT2D eigenvalue weighted by atomic mass is 9.98. The van der Waals surface area contributed by atoms with Crippen LogP contribution in [-0.2, 0) is 11.2 Å². The maximum Gasteiger partial charge on any atom is 0.226 e. The Balaban J connectivity index is 1.85. The molecule has 1 heterocycles. The van der Waals surface area contributed by atoms with Crippen LogP contribution in [0.5, 0.6) is 0 Å². The van der Waals surface area contributed by atoms with E-state index in [2.05, 4.69) is 36.5 Å². The fraction of sp³-hybridized carbons (Fsp3) is 0.562. The molecule has 1 aliphatic heterocycles. The second-order valence-corrected chi connectivity index (χ2v) is 5.48. The predicted octanol–water partition coefficient (Wildman–Crippen LogP) is 2.00. The first-order chi connectivity index (χ1) is 9.18. The van der Waals surface area contributed by atoms with Crippen LogP contribution in [0.25, 0.3) is 0 Å². The third-order valence-corrected chi connectivity index (χ3v) is 4.00. The van der Waals surface area contributed by atoms with Gasteiger partial charge in [-0.25, -0.2) is 0 Å². The summed E-state index contributed by atoms with van der Waals surface area (Å²) in [6.45, 7) is 4.83. The molecule has 3 nitrogen and oxygen atoms in total. The molecule has 1 atom stereocenters. The van der Waals surface area contributed by atoms with Gasteiger partial charge in [-0.3, -0.25) is 4.79 Å². The van der Waals surface area contributed by atoms with Crippen molar-refractivity contribution in [2.75, 3.05) is 26.7 Å². The van der Waals surface area contributed by atoms with Crippen LogP contribution in [0.4, 0.5) is 0 Å². The fourth-order valence-electron chi connectivity index (χ4n) is 2.66. The van der Waals surface area contributed by atoms with E-state index < -0.39 is 0 Å². The van der Waals surface area contributed by atoms with Crippen molar-refractivity contribution < 1.29 is 4.79 Å². The highest BCUT2D eigenvalue weighted by molar-refractivity contribution is 5.78. The Bertz CT molecular complexity index is 425. The largest absolute Gasteiger partial charge is 0.345 e. The van der Waals surface area contributed by atoms with Gasteiger partial charge in [0.05, 0.1) is 5.92 Å². The third kappa shape index (κ3) is 3.80. The molecule has 3 heteroatoms. The van der Waals surface area contributed by atoms with Crippen LogP contribution in [-0.4, -0.2) is 37.5 Å². The lowest BCUT2D eigenvalue weighted by molar-refractivity contribution is -0.134. The van der Waals surface area contributed by atoms with E-state index in [-0.39, 0.29) is 5.92 Å². The zero-order valence-corrected chi connectivity index (χ0v) is 12.0. The van der Waals surface area contributed by atoms with Gasteiger partial charge in [0.15, 0.2) is 0 Å². The molecule has 0 spiro atoms. The van der Waals surface area contributed by atoms with Crippen molar-refractivity contribution in [2.45, 2.75) is 26.2 Å². The Labute approximate surface area is 116 Å². The van der Waals surface area contributed by atoms with Gasteiger partial charge in [0.25, 0.3) is 0 Å². The maximum atomic E-state index is 12.3. The fourth-order valence-corrected chi connectivity index (χ4v) is 2.66. The Hall–Kier alpha value is -1.35. The van der Waals surface area contributed by atoms with Crippen LogP contribution in [0.2, 0.25) is 0 Å². The topological polar surface area (TPSA) is 32.3 Å². The highest BCUT2D eigenvalue weighted by Crippen LogP contribution is 2.14. The third-order valence-electron chi connectivity index (χ3n) is 4.00. The Morgan fingerprint density at radius 1 is 1.42 bits per heavy atom. The minimum Gasteiger partial charge on any atom is -0.345 e. The number of benzene rings is 1. The zero-order chi connectivity index (χ0) is 13.7. The first-order valence-corrected chi connectivity index (χ1v) is 7.18. The van der Waals surface area contributed by atoms with Gasteiger partial charge in [0.2, 0.25) is 5.91 Å². The monoisotopic (exact) mass is 260 g/mol. The van der Waals surface area contributed by atoms with Gasteiger partial charge in [-0.15, -0.1) is 0 Å². The summed E-state index contributed by atoms with van der Waals surface area (Å²) >= 11 is 0. The number of aryl methyl sites for hydroxylation is 1. The molecule has 0 aromatic heterocycles. The van der Waals surface area contributed by atoms with Gasteiger partial charge >= 0.3 is 0 Å². The molecule has 19 heavy (non-hydrogen) atoms. The van der Waals surface area contributed by atoms with Crippen LogP contribution >= 0.6 is 0 Å². The van der Waals surface area contributed by atoms with Crippen LogP contribution in [0.15, 0.2) is 24.3 Å². The summed E-state index contributed by atoms with van der Waals surface area (Å²) in [7, 11) is 1.93. The molecule has 1 unspecified atom stereocenters. The van der Waals surface area contributed by atoms with E-state index in [0.717, 1.165) is 38.9 Å². The molecule has 0 bridgehead atoms. The van der Waals surface area contributed by atoms with Crippen molar-refractivity contribution in [1.29, 1.82) is 0 Å². The van der Waals surface area contributed by atoms with Crippen molar-refractivity contribution in [2.24, 2.45) is 5.92 Å². The first-order valence-electron chi connectivity index (χ1n) is 7.18. The summed E-state index contributed by atoms with van der Waals surface area (Å²) in [4.78, 5) is 14.2. The highest BCUT2D eigenvalue weighted by Gasteiger charge is 2.23. The minimum absolute atomic E-state index is 0.177. The van der Waals surface area contributed by atoms with Gasteiger partial charge in [-0.1, -0.05) is 24.3 Å². The molecule has 1 saturated heterocycles. The minimum atomic E-state index is 0.177. The SMILES string of the molecule is Cc1ccccc1CCN(C)C(=O)C1CCCNC1. The van der Waals surface area contributed by atoms with E-state index in [1.165, 1.54) is 11.1 Å². The molecule has 1 amide bonds. The number of amides is 1. The van der Waals surface area contributed by atoms with Gasteiger partial charge in [-0.2, -0.15) is 0 Å². The average molecular weight is 260 g/mol. The van der Waals surface area contributed by atoms with Gasteiger partial charge < -0.3 is 10.2 Å². The second kappa shape index (κ2) is 6.71. The number of hydrogen-bond acceptors (Lipinski definition) is 2. The maximum absolute atomic E-state index is 12.3. The van der Waals surface area contributed by atoms with E-state index in [9.17, 15) is 4.79 Å². The van der Waals surface area contributed by atoms with E-state index in [0.29, 0.717) is 5.91 Å². The molecule has 0 aliphatic carbocycles. The number of hydrogen-bond donors (Lipinski definition) is 1. The summed E-state index contributed by atoms with van der Waals surface area (Å²) in [5, 5.41) is 3.31. The Morgan fingerprint density at radius 2 is 2.21 bits per heavy atom. The summed E-state index contributed by atoms with van der Waals surface area (Å²) in [6.07, 6.45) is 3.08. The first kappa shape index (κ1) is 14.1. The van der Waals surface area contributed by atoms with Crippen LogP contribution < -0.4 is 5.32 Å². The molecule has 104 valence electrons. The van der Waals surface area contributed by atoms with E-state index in [1.54, 1.807) is 0 Å². The molecule has 0 radical (unpaired) electrons. The number of carbonyl (C=O) groups excluding carboxylic acids is 1. The van der Waals surface area contributed by atoms with E-state index in [4.69, 9.17) is 0 Å². The number of carbonyl (C=O) groups is 1. The lowest BCUT2D eigenvalue weighted by Gasteiger charge is -2.27. The molecule has 1 aromatic rings. The number of nitrogens with zero attached hydrogens (tertiary/aromatic N) is 1. The highest BCUT2D eigenvalue weighted by atomic mass is 16.2. The molecular formula is C16H24N2O. The summed E-state index contributed by atoms with van der Waals surface area (Å²) < 4.78 is 0. The van der Waals surface area contributed by atoms with E-state index in [1.807, 2.05) is 11.9 Å². The molecule has 1 fully saturated rings. The molecule has 2 rings (SSSR count). The molecule has 1 aliphatic rings. The number of nitrogens with one attached hydrogen (secondary N) is 1. The quantitative estimate of drug-likeness (QED) is 0.898. The van der Waals surface area contributed by atoms with Crippen molar-refractivity contribution in [3.8, 4) is 0 Å². The standard InChI is InChI=1S/C16H24N2O/c1-13-6-3-4-7-14(13)9-11-18(2)16(19)15-8-5-10-17-12-15/h3-4,6-7,15,17H,5,8-12H2,1-2H3. The zero-order valence-electron chi connectivity index (χ0n) is 12.0.